The van der Waals surface area contributed by atoms with E-state index >= 15 is 0 Å². The molecule has 0 bridgehead atoms. The molecule has 0 aliphatic heterocycles. The van der Waals surface area contributed by atoms with Crippen molar-refractivity contribution in [2.75, 3.05) is 0 Å². The van der Waals surface area contributed by atoms with E-state index in [9.17, 15) is 0 Å². The first-order valence-corrected chi connectivity index (χ1v) is 49.8. The van der Waals surface area contributed by atoms with Gasteiger partial charge < -0.3 is 0 Å². The molecule has 1 aliphatic carbocycles. The normalized spacial score (nSPS) is 13.9. The number of hydrogen-bond donors (Lipinski definition) is 0. The molecule has 0 atom stereocenters. The molecule has 6 heterocycles. The zero-order valence-electron chi connectivity index (χ0n) is 82.3. The minimum absolute atomic E-state index is 0.0131. The number of nitrogens with zero attached hydrogens (tertiary/aromatic N) is 12. The highest BCUT2D eigenvalue weighted by Crippen LogP contribution is 2.55. The Morgan fingerprint density at radius 3 is 0.549 bits per heavy atom. The van der Waals surface area contributed by atoms with E-state index in [1.807, 2.05) is 128 Å². The molecule has 696 valence electrons. The van der Waals surface area contributed by atoms with Crippen LogP contribution in [0.5, 0.6) is 0 Å². The zero-order valence-corrected chi connectivity index (χ0v) is 82.3. The molecule has 0 unspecified atom stereocenters. The van der Waals surface area contributed by atoms with Crippen LogP contribution in [-0.4, -0.2) is 59.8 Å². The summed E-state index contributed by atoms with van der Waals surface area (Å²) in [5, 5.41) is 0. The van der Waals surface area contributed by atoms with Crippen molar-refractivity contribution < 1.29 is 0 Å². The number of aromatic nitrogens is 12. The van der Waals surface area contributed by atoms with Crippen molar-refractivity contribution in [3.8, 4) is 203 Å². The Hall–Kier alpha value is -17.2. The molecule has 0 amide bonds. The maximum atomic E-state index is 5.21. The van der Waals surface area contributed by atoms with E-state index < -0.39 is 0 Å². The summed E-state index contributed by atoms with van der Waals surface area (Å²) in [5.74, 6) is 5.45. The fraction of sp³-hybridized carbons (Fsp3) is 0.136. The minimum atomic E-state index is -0.116. The second-order valence-corrected chi connectivity index (χ2v) is 40.7. The van der Waals surface area contributed by atoms with E-state index in [1.165, 1.54) is 50.1 Å². The van der Waals surface area contributed by atoms with Crippen LogP contribution in [-0.2, 0) is 16.2 Å². The van der Waals surface area contributed by atoms with E-state index in [-0.39, 0.29) is 34.0 Å². The Labute approximate surface area is 843 Å². The van der Waals surface area contributed by atoms with Crippen molar-refractivity contribution in [3.63, 3.8) is 0 Å². The predicted molar refractivity (Wildman–Crippen MR) is 589 cm³/mol. The Balaban J connectivity index is 0.713. The second kappa shape index (κ2) is 39.5. The van der Waals surface area contributed by atoms with Gasteiger partial charge in [0.1, 0.15) is 0 Å². The van der Waals surface area contributed by atoms with Gasteiger partial charge in [-0.1, -0.05) is 426 Å². The number of rotatable bonds is 21. The zero-order chi connectivity index (χ0) is 98.0. The van der Waals surface area contributed by atoms with Crippen LogP contribution in [0.4, 0.5) is 0 Å². The molecule has 144 heavy (non-hydrogen) atoms. The lowest BCUT2D eigenvalue weighted by molar-refractivity contribution is 0.353. The fourth-order valence-electron chi connectivity index (χ4n) is 20.3. The standard InChI is InChI=1S/C132H108N12/c1-130(2,3)103-70-73-133-118(82-103)97-64-67-112(115(79-97)85-52-58-94(59-53-85)127-139-121(88-34-16-10-17-35-88)136-122(140-127)89-36-18-11-19-37-89)109-49-31-28-46-106(109)100-76-101(107-47-29-32-50-110(107)113-68-65-98(119-83-104(71-74-134-119)131(4,5)6)80-116(113)86-54-60-95(61-55-86)128-141-123(90-38-20-12-21-39-90)137-124(142-128)91-40-22-13-23-41-91)78-102(77-100)108-48-30-33-51-111(108)114-69-66-99(120-84-105(72-75-135-120)132(7,8)9)81-117(114)87-56-62-96(63-57-87)129-143-125(92-42-24-14-25-43-92)138-126(144-129)93-44-26-15-27-45-93/h10-75,79-84,100-102H,76-78H2,1-9H3. The topological polar surface area (TPSA) is 155 Å². The Morgan fingerprint density at radius 1 is 0.160 bits per heavy atom. The minimum Gasteiger partial charge on any atom is -0.256 e. The summed E-state index contributed by atoms with van der Waals surface area (Å²) in [4.78, 5) is 62.0. The Morgan fingerprint density at radius 2 is 0.340 bits per heavy atom. The molecule has 0 saturated heterocycles. The summed E-state index contributed by atoms with van der Waals surface area (Å²) < 4.78 is 0. The lowest BCUT2D eigenvalue weighted by atomic mass is 9.66. The summed E-state index contributed by atoms with van der Waals surface area (Å²) in [6.45, 7) is 20.4. The largest absolute Gasteiger partial charge is 0.256 e. The van der Waals surface area contributed by atoms with Crippen molar-refractivity contribution in [1.82, 2.24) is 59.8 Å². The van der Waals surface area contributed by atoms with Crippen LogP contribution >= 0.6 is 0 Å². The summed E-state index contributed by atoms with van der Waals surface area (Å²) in [7, 11) is 0. The lowest BCUT2D eigenvalue weighted by Gasteiger charge is -2.38. The third-order valence-corrected chi connectivity index (χ3v) is 28.1. The first kappa shape index (κ1) is 91.8. The van der Waals surface area contributed by atoms with E-state index in [4.69, 9.17) is 59.8 Å². The second-order valence-electron chi connectivity index (χ2n) is 40.7. The number of pyridine rings is 3. The third kappa shape index (κ3) is 19.5. The molecule has 21 aromatic rings. The molecule has 15 aromatic carbocycles. The molecule has 0 N–H and O–H groups in total. The number of benzene rings is 15. The number of hydrogen-bond acceptors (Lipinski definition) is 12. The van der Waals surface area contributed by atoms with Crippen molar-refractivity contribution >= 4 is 0 Å². The van der Waals surface area contributed by atoms with E-state index in [1.54, 1.807) is 0 Å². The monoisotopic (exact) mass is 1860 g/mol. The molecule has 0 spiro atoms. The van der Waals surface area contributed by atoms with Crippen LogP contribution in [0.3, 0.4) is 0 Å². The summed E-state index contributed by atoms with van der Waals surface area (Å²) in [6, 6.07) is 150. The van der Waals surface area contributed by atoms with Crippen molar-refractivity contribution in [3.05, 3.63) is 471 Å². The van der Waals surface area contributed by atoms with Crippen LogP contribution in [0.15, 0.2) is 437 Å². The Bertz CT molecular complexity index is 7300. The molecule has 0 radical (unpaired) electrons. The van der Waals surface area contributed by atoms with Crippen LogP contribution in [0.2, 0.25) is 0 Å². The first-order chi connectivity index (χ1) is 70.2. The van der Waals surface area contributed by atoms with Gasteiger partial charge in [0.05, 0.1) is 17.1 Å². The first-order valence-electron chi connectivity index (χ1n) is 49.8. The van der Waals surface area contributed by atoms with Gasteiger partial charge in [0.2, 0.25) is 0 Å². The lowest BCUT2D eigenvalue weighted by Crippen LogP contribution is -2.21. The molecule has 1 fully saturated rings. The van der Waals surface area contributed by atoms with Crippen LogP contribution in [0, 0.1) is 0 Å². The van der Waals surface area contributed by atoms with Gasteiger partial charge in [0.15, 0.2) is 52.4 Å². The summed E-state index contributed by atoms with van der Waals surface area (Å²) >= 11 is 0. The molecule has 22 rings (SSSR count). The van der Waals surface area contributed by atoms with Crippen LogP contribution in [0.25, 0.3) is 203 Å². The maximum Gasteiger partial charge on any atom is 0.164 e. The average Bonchev–Trinajstić information content (AvgIpc) is 0.754. The average molecular weight is 1860 g/mol. The van der Waals surface area contributed by atoms with Crippen LogP contribution < -0.4 is 0 Å². The molecule has 1 saturated carbocycles. The fourth-order valence-corrected chi connectivity index (χ4v) is 20.3. The molecule has 1 aliphatic rings. The molecule has 6 aromatic heterocycles. The highest BCUT2D eigenvalue weighted by atomic mass is 15.1. The SMILES string of the molecule is CC(C)(C)c1ccnc(-c2ccc(-c3ccccc3C3CC(c4ccccc4-c4ccc(-c5cc(C(C)(C)C)ccn5)cc4-c4ccc(-c5nc(-c6ccccc6)nc(-c6ccccc6)n5)cc4)CC(c4ccccc4-c4ccc(-c5cc(C(C)(C)C)ccn5)cc4-c4ccc(-c5nc(-c6ccccc6)nc(-c6ccccc6)n5)cc4)C3)c(-c3ccc(-c4nc(-c5ccccc5)nc(-c5ccccc5)n4)cc3)c2)c1. The maximum absolute atomic E-state index is 5.21. The molecule has 12 heteroatoms. The van der Waals surface area contributed by atoms with Crippen molar-refractivity contribution in [2.24, 2.45) is 0 Å². The molecular weight excluding hydrogens is 1750 g/mol. The van der Waals surface area contributed by atoms with Gasteiger partial charge in [-0.3, -0.25) is 15.0 Å². The third-order valence-electron chi connectivity index (χ3n) is 28.1. The van der Waals surface area contributed by atoms with E-state index in [0.29, 0.717) is 52.4 Å². The highest BCUT2D eigenvalue weighted by Gasteiger charge is 2.37. The summed E-state index contributed by atoms with van der Waals surface area (Å²) in [6.07, 6.45) is 8.43. The molecule has 12 nitrogen and oxygen atoms in total. The quantitative estimate of drug-likeness (QED) is 0.0672. The van der Waals surface area contributed by atoms with Gasteiger partial charge in [0, 0.05) is 85.4 Å². The van der Waals surface area contributed by atoms with Gasteiger partial charge >= 0.3 is 0 Å². The van der Waals surface area contributed by atoms with Crippen LogP contribution in [0.1, 0.15) is 133 Å². The van der Waals surface area contributed by atoms with Crippen molar-refractivity contribution in [2.45, 2.75) is 116 Å². The van der Waals surface area contributed by atoms with Gasteiger partial charge in [-0.05, 0) is 208 Å². The van der Waals surface area contributed by atoms with Gasteiger partial charge in [-0.15, -0.1) is 0 Å². The van der Waals surface area contributed by atoms with Crippen molar-refractivity contribution in [1.29, 1.82) is 0 Å². The smallest absolute Gasteiger partial charge is 0.164 e. The summed E-state index contributed by atoms with van der Waals surface area (Å²) in [5.41, 5.74) is 34.3. The van der Waals surface area contributed by atoms with Gasteiger partial charge in [0.25, 0.3) is 0 Å². The Kier molecular flexibility index (Phi) is 25.2. The highest BCUT2D eigenvalue weighted by molar-refractivity contribution is 5.93. The van der Waals surface area contributed by atoms with E-state index in [2.05, 4.69) is 372 Å². The predicted octanol–water partition coefficient (Wildman–Crippen LogP) is 33.2. The van der Waals surface area contributed by atoms with Gasteiger partial charge in [-0.25, -0.2) is 44.9 Å². The molecular formula is C132H108N12. The van der Waals surface area contributed by atoms with E-state index in [0.717, 1.165) is 153 Å². The van der Waals surface area contributed by atoms with Gasteiger partial charge in [-0.2, -0.15) is 0 Å².